The van der Waals surface area contributed by atoms with Gasteiger partial charge in [0.2, 0.25) is 0 Å². The van der Waals surface area contributed by atoms with E-state index in [0.717, 1.165) is 0 Å². The highest BCUT2D eigenvalue weighted by Crippen LogP contribution is 2.20. The fourth-order valence-corrected chi connectivity index (χ4v) is 1.01. The SMILES string of the molecule is CCO[C](OC)[C@H](C)OC(C)(C)OC. The molecule has 0 aliphatic heterocycles. The van der Waals surface area contributed by atoms with Crippen LogP contribution in [0.5, 0.6) is 0 Å². The molecule has 0 bridgehead atoms. The molecule has 0 saturated carbocycles. The van der Waals surface area contributed by atoms with E-state index in [9.17, 15) is 0 Å². The van der Waals surface area contributed by atoms with Crippen LogP contribution in [0.25, 0.3) is 0 Å². The van der Waals surface area contributed by atoms with Gasteiger partial charge in [0, 0.05) is 20.8 Å². The molecule has 0 aromatic carbocycles. The average Bonchev–Trinajstić information content (AvgIpc) is 2.13. The first-order valence-corrected chi connectivity index (χ1v) is 4.73. The predicted molar refractivity (Wildman–Crippen MR) is 53.5 cm³/mol. The summed E-state index contributed by atoms with van der Waals surface area (Å²) < 4.78 is 21.0. The maximum absolute atomic E-state index is 5.58. The van der Waals surface area contributed by atoms with E-state index in [2.05, 4.69) is 0 Å². The monoisotopic (exact) mass is 205 g/mol. The van der Waals surface area contributed by atoms with E-state index in [1.54, 1.807) is 14.2 Å². The van der Waals surface area contributed by atoms with Gasteiger partial charge in [-0.2, -0.15) is 0 Å². The van der Waals surface area contributed by atoms with E-state index in [4.69, 9.17) is 18.9 Å². The third-order valence-corrected chi connectivity index (χ3v) is 1.77. The van der Waals surface area contributed by atoms with Crippen molar-refractivity contribution in [2.24, 2.45) is 0 Å². The van der Waals surface area contributed by atoms with Crippen LogP contribution < -0.4 is 0 Å². The first-order chi connectivity index (χ1) is 6.46. The van der Waals surface area contributed by atoms with Gasteiger partial charge in [-0.1, -0.05) is 0 Å². The Morgan fingerprint density at radius 1 is 1.29 bits per heavy atom. The van der Waals surface area contributed by atoms with Gasteiger partial charge in [-0.3, -0.25) is 0 Å². The van der Waals surface area contributed by atoms with Crippen LogP contribution in [-0.4, -0.2) is 32.7 Å². The lowest BCUT2D eigenvalue weighted by molar-refractivity contribution is -0.243. The normalized spacial score (nSPS) is 14.8. The molecule has 0 aliphatic rings. The molecule has 0 unspecified atom stereocenters. The molecule has 0 spiro atoms. The Labute approximate surface area is 86.5 Å². The van der Waals surface area contributed by atoms with E-state index in [1.807, 2.05) is 27.7 Å². The second-order valence-electron chi connectivity index (χ2n) is 3.32. The summed E-state index contributed by atoms with van der Waals surface area (Å²) >= 11 is 0. The van der Waals surface area contributed by atoms with Crippen molar-refractivity contribution in [3.63, 3.8) is 0 Å². The van der Waals surface area contributed by atoms with E-state index in [-0.39, 0.29) is 6.10 Å². The highest BCUT2D eigenvalue weighted by Gasteiger charge is 2.27. The molecule has 0 rings (SSSR count). The smallest absolute Gasteiger partial charge is 0.253 e. The Hall–Kier alpha value is -0.160. The molecule has 85 valence electrons. The Morgan fingerprint density at radius 2 is 1.86 bits per heavy atom. The number of hydrogen-bond donors (Lipinski definition) is 0. The Kier molecular flexibility index (Phi) is 6.27. The molecule has 0 aromatic heterocycles. The van der Waals surface area contributed by atoms with Crippen molar-refractivity contribution >= 4 is 0 Å². The highest BCUT2D eigenvalue weighted by molar-refractivity contribution is 4.76. The summed E-state index contributed by atoms with van der Waals surface area (Å²) in [7, 11) is 3.16. The largest absolute Gasteiger partial charge is 0.354 e. The number of rotatable bonds is 7. The second-order valence-corrected chi connectivity index (χ2v) is 3.32. The van der Waals surface area contributed by atoms with Gasteiger partial charge >= 0.3 is 0 Å². The van der Waals surface area contributed by atoms with Gasteiger partial charge in [0.25, 0.3) is 6.29 Å². The fraction of sp³-hybridized carbons (Fsp3) is 0.900. The molecule has 0 saturated heterocycles. The van der Waals surface area contributed by atoms with Gasteiger partial charge in [0.15, 0.2) is 5.79 Å². The average molecular weight is 205 g/mol. The van der Waals surface area contributed by atoms with Crippen LogP contribution in [-0.2, 0) is 18.9 Å². The van der Waals surface area contributed by atoms with E-state index in [0.29, 0.717) is 12.9 Å². The maximum atomic E-state index is 5.58. The standard InChI is InChI=1S/C10H21O4/c1-7-13-9(11-5)8(2)14-10(3,4)12-6/h8H,7H2,1-6H3/t8-/m0/s1. The van der Waals surface area contributed by atoms with Crippen LogP contribution in [0, 0.1) is 6.29 Å². The molecule has 0 heterocycles. The fourth-order valence-electron chi connectivity index (χ4n) is 1.01. The van der Waals surface area contributed by atoms with Gasteiger partial charge in [0.1, 0.15) is 6.10 Å². The zero-order valence-electron chi connectivity index (χ0n) is 9.92. The van der Waals surface area contributed by atoms with E-state index >= 15 is 0 Å². The first-order valence-electron chi connectivity index (χ1n) is 4.73. The predicted octanol–water partition coefficient (Wildman–Crippen LogP) is 1.95. The lowest BCUT2D eigenvalue weighted by Crippen LogP contribution is -2.35. The Morgan fingerprint density at radius 3 is 2.21 bits per heavy atom. The third-order valence-electron chi connectivity index (χ3n) is 1.77. The van der Waals surface area contributed by atoms with Crippen LogP contribution in [0.15, 0.2) is 0 Å². The highest BCUT2D eigenvalue weighted by atomic mass is 16.7. The lowest BCUT2D eigenvalue weighted by Gasteiger charge is -2.30. The molecule has 4 nitrogen and oxygen atoms in total. The zero-order valence-corrected chi connectivity index (χ0v) is 9.92. The van der Waals surface area contributed by atoms with Crippen molar-refractivity contribution < 1.29 is 18.9 Å². The summed E-state index contributed by atoms with van der Waals surface area (Å²) in [6.45, 7) is 7.98. The van der Waals surface area contributed by atoms with Gasteiger partial charge in [-0.15, -0.1) is 0 Å². The van der Waals surface area contributed by atoms with Crippen LogP contribution in [0.1, 0.15) is 27.7 Å². The number of ether oxygens (including phenoxy) is 4. The molecule has 0 N–H and O–H groups in total. The molecule has 1 radical (unpaired) electrons. The summed E-state index contributed by atoms with van der Waals surface area (Å²) in [4.78, 5) is 0. The summed E-state index contributed by atoms with van der Waals surface area (Å²) in [6, 6.07) is 0. The van der Waals surface area contributed by atoms with Crippen LogP contribution >= 0.6 is 0 Å². The van der Waals surface area contributed by atoms with E-state index in [1.165, 1.54) is 0 Å². The Balaban J connectivity index is 4.09. The molecular weight excluding hydrogens is 184 g/mol. The summed E-state index contributed by atoms with van der Waals surface area (Å²) in [6.07, 6.45) is 0.215. The maximum Gasteiger partial charge on any atom is 0.253 e. The van der Waals surface area contributed by atoms with Crippen molar-refractivity contribution in [1.82, 2.24) is 0 Å². The van der Waals surface area contributed by atoms with Crippen molar-refractivity contribution in [3.8, 4) is 0 Å². The van der Waals surface area contributed by atoms with Gasteiger partial charge in [-0.25, -0.2) is 0 Å². The van der Waals surface area contributed by atoms with Crippen molar-refractivity contribution in [2.45, 2.75) is 39.6 Å². The molecule has 0 fully saturated rings. The van der Waals surface area contributed by atoms with E-state index < -0.39 is 5.79 Å². The van der Waals surface area contributed by atoms with Crippen LogP contribution in [0.3, 0.4) is 0 Å². The summed E-state index contributed by atoms with van der Waals surface area (Å²) in [5, 5.41) is 0. The number of methoxy groups -OCH3 is 2. The Bertz CT molecular complexity index is 147. The molecule has 1 atom stereocenters. The topological polar surface area (TPSA) is 36.9 Å². The third kappa shape index (κ3) is 4.91. The van der Waals surface area contributed by atoms with Crippen molar-refractivity contribution in [1.29, 1.82) is 0 Å². The quantitative estimate of drug-likeness (QED) is 0.595. The minimum atomic E-state index is -0.639. The van der Waals surface area contributed by atoms with Crippen molar-refractivity contribution in [2.75, 3.05) is 20.8 Å². The molecule has 4 heteroatoms. The van der Waals surface area contributed by atoms with Crippen LogP contribution in [0.2, 0.25) is 0 Å². The zero-order chi connectivity index (χ0) is 11.2. The van der Waals surface area contributed by atoms with Gasteiger partial charge < -0.3 is 18.9 Å². The molecular formula is C10H21O4. The number of hydrogen-bond acceptors (Lipinski definition) is 4. The summed E-state index contributed by atoms with van der Waals surface area (Å²) in [5.74, 6) is -0.639. The minimum absolute atomic E-state index is 0.255. The van der Waals surface area contributed by atoms with Crippen molar-refractivity contribution in [3.05, 3.63) is 6.29 Å². The van der Waals surface area contributed by atoms with Crippen LogP contribution in [0.4, 0.5) is 0 Å². The molecule has 0 amide bonds. The second kappa shape index (κ2) is 6.35. The summed E-state index contributed by atoms with van der Waals surface area (Å²) in [5.41, 5.74) is 0. The molecule has 0 aliphatic carbocycles. The lowest BCUT2D eigenvalue weighted by atomic mass is 10.3. The molecule has 0 aromatic rings. The van der Waals surface area contributed by atoms with Gasteiger partial charge in [0.05, 0.1) is 0 Å². The van der Waals surface area contributed by atoms with Gasteiger partial charge in [-0.05, 0) is 27.7 Å². The molecule has 14 heavy (non-hydrogen) atoms. The minimum Gasteiger partial charge on any atom is -0.354 e. The first kappa shape index (κ1) is 13.8.